The number of hydrogen-bond acceptors (Lipinski definition) is 19. The summed E-state index contributed by atoms with van der Waals surface area (Å²) in [6.07, 6.45) is -3.24. The Labute approximate surface area is 382 Å². The largest absolute Gasteiger partial charge is 0.507 e. The Kier molecular flexibility index (Phi) is 13.3. The third kappa shape index (κ3) is 7.00. The van der Waals surface area contributed by atoms with Crippen LogP contribution in [0.5, 0.6) is 11.5 Å². The molecule has 0 saturated heterocycles. The highest BCUT2D eigenvalue weighted by Gasteiger charge is 2.74. The molecule has 8 rings (SSSR count). The van der Waals surface area contributed by atoms with Gasteiger partial charge >= 0.3 is 0 Å². The summed E-state index contributed by atoms with van der Waals surface area (Å²) in [6, 6.07) is 6.05. The summed E-state index contributed by atoms with van der Waals surface area (Å²) in [4.78, 5) is 133. The van der Waals surface area contributed by atoms with Crippen LogP contribution < -0.4 is 11.5 Å². The number of benzene rings is 2. The van der Waals surface area contributed by atoms with Gasteiger partial charge in [0.25, 0.3) is 0 Å². The minimum absolute atomic E-state index is 0.112. The number of rotatable bonds is 4. The molecule has 0 heterocycles. The van der Waals surface area contributed by atoms with Crippen LogP contribution in [0.25, 0.3) is 0 Å². The zero-order chi connectivity index (χ0) is 50.4. The minimum atomic E-state index is -2.97. The SMILES string of the molecule is CCO.C[C@H]1c2cccc(O)c2C(=O)C2C(=O)[C@]3(O)C(=O)C(C(N)=O)C(=O)[C@@H](N(C)C)[C@@H]3[C@@H](O)[C@@H]21.C[C@H]1c2cccc(O)c2C(=O)C2C(=O)[C@]3(O)C(=O)C(C(N)=O)C(=O)[C@@H](N(C)C)[C@@H]3[C@@H](O)[C@@H]21. The van der Waals surface area contributed by atoms with Gasteiger partial charge in [0.15, 0.2) is 69.3 Å². The number of fused-ring (bicyclic) bond motifs is 6. The minimum Gasteiger partial charge on any atom is -0.507 e. The Hall–Kier alpha value is -5.94. The molecular weight excluding hydrogens is 881 g/mol. The van der Waals surface area contributed by atoms with Gasteiger partial charge in [-0.05, 0) is 70.2 Å². The first kappa shape index (κ1) is 50.5. The summed E-state index contributed by atoms with van der Waals surface area (Å²) in [6.45, 7) is 5.25. The Morgan fingerprint density at radius 1 is 0.597 bits per heavy atom. The van der Waals surface area contributed by atoms with Crippen LogP contribution in [0.4, 0.5) is 0 Å². The van der Waals surface area contributed by atoms with Gasteiger partial charge in [-0.1, -0.05) is 38.1 Å². The quantitative estimate of drug-likeness (QED) is 0.136. The lowest BCUT2D eigenvalue weighted by Crippen LogP contribution is -2.77. The second-order valence-corrected chi connectivity index (χ2v) is 18.5. The summed E-state index contributed by atoms with van der Waals surface area (Å²) >= 11 is 0. The van der Waals surface area contributed by atoms with E-state index in [1.807, 2.05) is 0 Å². The third-order valence-corrected chi connectivity index (χ3v) is 14.7. The number of aliphatic hydroxyl groups excluding tert-OH is 3. The topological polar surface area (TPSA) is 371 Å². The number of aliphatic hydroxyl groups is 5. The summed E-state index contributed by atoms with van der Waals surface area (Å²) in [5, 5.41) is 73.7. The van der Waals surface area contributed by atoms with Crippen molar-refractivity contribution in [3.8, 4) is 11.5 Å². The van der Waals surface area contributed by atoms with Gasteiger partial charge in [-0.25, -0.2) is 0 Å². The number of phenols is 2. The summed E-state index contributed by atoms with van der Waals surface area (Å²) in [7, 11) is 5.79. The Morgan fingerprint density at radius 3 is 1.16 bits per heavy atom. The van der Waals surface area contributed by atoms with Gasteiger partial charge in [-0.2, -0.15) is 0 Å². The molecule has 2 amide bonds. The van der Waals surface area contributed by atoms with Gasteiger partial charge in [-0.3, -0.25) is 57.7 Å². The van der Waals surface area contributed by atoms with Crippen LogP contribution in [-0.4, -0.2) is 174 Å². The van der Waals surface area contributed by atoms with Gasteiger partial charge in [0.2, 0.25) is 11.8 Å². The van der Waals surface area contributed by atoms with Crippen molar-refractivity contribution < 1.29 is 83.7 Å². The molecule has 0 aromatic heterocycles. The fraction of sp³-hybridized carbons (Fsp3) is 0.522. The normalized spacial score (nSPS) is 37.4. The highest BCUT2D eigenvalue weighted by molar-refractivity contribution is 6.34. The molecule has 2 aromatic carbocycles. The molecule has 21 nitrogen and oxygen atoms in total. The zero-order valence-electron chi connectivity index (χ0n) is 37.5. The first-order valence-corrected chi connectivity index (χ1v) is 21.5. The molecule has 6 aliphatic rings. The molecule has 0 radical (unpaired) electrons. The Bertz CT molecular complexity index is 2350. The molecule has 4 unspecified atom stereocenters. The van der Waals surface area contributed by atoms with E-state index in [9.17, 15) is 78.6 Å². The molecule has 21 heteroatoms. The molecule has 16 atom stereocenters. The van der Waals surface area contributed by atoms with E-state index in [-0.39, 0.29) is 29.2 Å². The average molecular weight is 935 g/mol. The second-order valence-electron chi connectivity index (χ2n) is 18.5. The van der Waals surface area contributed by atoms with E-state index in [0.717, 1.165) is 0 Å². The lowest BCUT2D eigenvalue weighted by molar-refractivity contribution is -0.198. The number of ketones is 8. The molecule has 4 fully saturated rings. The molecule has 6 aliphatic carbocycles. The summed E-state index contributed by atoms with van der Waals surface area (Å²) < 4.78 is 0. The van der Waals surface area contributed by atoms with Crippen molar-refractivity contribution >= 4 is 58.1 Å². The van der Waals surface area contributed by atoms with Crippen LogP contribution in [0.15, 0.2) is 36.4 Å². The van der Waals surface area contributed by atoms with E-state index in [4.69, 9.17) is 16.6 Å². The molecule has 360 valence electrons. The number of amides is 2. The van der Waals surface area contributed by atoms with Crippen LogP contribution in [0.2, 0.25) is 0 Å². The standard InChI is InChI=1S/2C22H24N2O8.C2H6O/c2*1-7-8-5-4-6-9(25)11(8)16(26)12-10(7)17(27)14-15(24(2)3)18(28)13(21(23)31)20(30)22(14,32)19(12)29;1-2-3/h2*4-7,10,12-15,17,25,27,32H,1-3H3,(H2,23,31);3H,2H2,1H3/t2*7-,10+,12?,13?,14+,15-,17-,22-;/m00./s1. The number of hydrogen-bond donors (Lipinski definition) is 9. The first-order valence-electron chi connectivity index (χ1n) is 21.5. The highest BCUT2D eigenvalue weighted by Crippen LogP contribution is 2.56. The number of Topliss-reactive ketones (excluding diaryl/α,β-unsaturated/α-hetero) is 8. The number of aromatic hydroxyl groups is 2. The number of likely N-dealkylation sites (N-methyl/N-ethyl adjacent to an activating group) is 2. The monoisotopic (exact) mass is 934 g/mol. The number of nitrogens with two attached hydrogens (primary N) is 2. The maximum atomic E-state index is 13.6. The molecule has 0 bridgehead atoms. The summed E-state index contributed by atoms with van der Waals surface area (Å²) in [5.41, 5.74) is 5.17. The molecule has 67 heavy (non-hydrogen) atoms. The number of carbonyl (C=O) groups is 10. The molecule has 4 saturated carbocycles. The van der Waals surface area contributed by atoms with Gasteiger partial charge < -0.3 is 47.2 Å². The first-order chi connectivity index (χ1) is 31.1. The highest BCUT2D eigenvalue weighted by atomic mass is 16.3. The molecule has 0 spiro atoms. The van der Waals surface area contributed by atoms with Crippen molar-refractivity contribution in [2.24, 2.45) is 58.8 Å². The van der Waals surface area contributed by atoms with E-state index in [1.54, 1.807) is 32.9 Å². The zero-order valence-corrected chi connectivity index (χ0v) is 37.5. The van der Waals surface area contributed by atoms with Crippen molar-refractivity contribution in [1.29, 1.82) is 0 Å². The van der Waals surface area contributed by atoms with E-state index in [2.05, 4.69) is 0 Å². The number of primary amides is 2. The van der Waals surface area contributed by atoms with Crippen LogP contribution in [0.3, 0.4) is 0 Å². The second kappa shape index (κ2) is 17.6. The van der Waals surface area contributed by atoms with Crippen LogP contribution in [0, 0.1) is 47.3 Å². The number of phenolic OH excluding ortho intramolecular Hbond substituents is 2. The lowest BCUT2D eigenvalue weighted by atomic mass is 9.49. The maximum absolute atomic E-state index is 13.6. The van der Waals surface area contributed by atoms with E-state index >= 15 is 0 Å². The van der Waals surface area contributed by atoms with E-state index in [1.165, 1.54) is 62.3 Å². The predicted octanol–water partition coefficient (Wildman–Crippen LogP) is -3.20. The third-order valence-electron chi connectivity index (χ3n) is 14.7. The smallest absolute Gasteiger partial charge is 0.235 e. The number of nitrogens with zero attached hydrogens (tertiary/aromatic N) is 2. The Morgan fingerprint density at radius 2 is 0.896 bits per heavy atom. The Balaban J connectivity index is 0.000000209. The summed E-state index contributed by atoms with van der Waals surface area (Å²) in [5.74, 6) is -26.1. The van der Waals surface area contributed by atoms with Crippen LogP contribution >= 0.6 is 0 Å². The predicted molar refractivity (Wildman–Crippen MR) is 228 cm³/mol. The average Bonchev–Trinajstić information content (AvgIpc) is 3.23. The van der Waals surface area contributed by atoms with Gasteiger partial charge in [-0.15, -0.1) is 0 Å². The molecule has 0 aliphatic heterocycles. The van der Waals surface area contributed by atoms with Crippen molar-refractivity contribution in [1.82, 2.24) is 9.80 Å². The van der Waals surface area contributed by atoms with Crippen LogP contribution in [0.1, 0.15) is 64.4 Å². The maximum Gasteiger partial charge on any atom is 0.235 e. The number of carbonyl (C=O) groups excluding carboxylic acids is 10. The van der Waals surface area contributed by atoms with E-state index < -0.39 is 153 Å². The van der Waals surface area contributed by atoms with Crippen molar-refractivity contribution in [3.63, 3.8) is 0 Å². The van der Waals surface area contributed by atoms with Gasteiger partial charge in [0.05, 0.1) is 59.1 Å². The molecule has 2 aromatic rings. The van der Waals surface area contributed by atoms with Gasteiger partial charge in [0.1, 0.15) is 11.5 Å². The van der Waals surface area contributed by atoms with Crippen molar-refractivity contribution in [3.05, 3.63) is 58.7 Å². The van der Waals surface area contributed by atoms with Crippen molar-refractivity contribution in [2.45, 2.75) is 68.1 Å². The van der Waals surface area contributed by atoms with E-state index in [0.29, 0.717) is 11.1 Å². The van der Waals surface area contributed by atoms with Crippen molar-refractivity contribution in [2.75, 3.05) is 34.8 Å². The molecule has 11 N–H and O–H groups in total. The van der Waals surface area contributed by atoms with Gasteiger partial charge in [0, 0.05) is 18.4 Å². The lowest BCUT2D eigenvalue weighted by Gasteiger charge is -2.55. The molecular formula is C46H54N4O17. The fourth-order valence-electron chi connectivity index (χ4n) is 11.9. The van der Waals surface area contributed by atoms with Crippen LogP contribution in [-0.2, 0) is 38.4 Å². The fourth-order valence-corrected chi connectivity index (χ4v) is 11.9.